The van der Waals surface area contributed by atoms with Gasteiger partial charge in [0.25, 0.3) is 0 Å². The first-order valence-electron chi connectivity index (χ1n) is 6.78. The fourth-order valence-electron chi connectivity index (χ4n) is 2.00. The van der Waals surface area contributed by atoms with Crippen LogP contribution in [0.3, 0.4) is 0 Å². The van der Waals surface area contributed by atoms with Crippen LogP contribution in [-0.2, 0) is 13.0 Å². The molecule has 0 spiro atoms. The van der Waals surface area contributed by atoms with Gasteiger partial charge >= 0.3 is 0 Å². The van der Waals surface area contributed by atoms with Crippen LogP contribution in [0.4, 0.5) is 0 Å². The second-order valence-electron chi connectivity index (χ2n) is 4.64. The monoisotopic (exact) mass is 334 g/mol. The Hall–Kier alpha value is -1.39. The third-order valence-corrected chi connectivity index (χ3v) is 3.37. The summed E-state index contributed by atoms with van der Waals surface area (Å²) in [6, 6.07) is 10.2. The Morgan fingerprint density at radius 2 is 2.00 bits per heavy atom. The van der Waals surface area contributed by atoms with Crippen molar-refractivity contribution in [2.75, 3.05) is 7.05 Å². The van der Waals surface area contributed by atoms with E-state index in [-0.39, 0.29) is 0 Å². The number of rotatable bonds is 6. The van der Waals surface area contributed by atoms with Gasteiger partial charge in [-0.15, -0.1) is 0 Å². The summed E-state index contributed by atoms with van der Waals surface area (Å²) in [6.07, 6.45) is 4.00. The van der Waals surface area contributed by atoms with E-state index in [2.05, 4.69) is 45.3 Å². The molecule has 2 aromatic rings. The van der Waals surface area contributed by atoms with Gasteiger partial charge in [0, 0.05) is 22.8 Å². The quantitative estimate of drug-likeness (QED) is 0.854. The molecule has 1 aromatic heterocycles. The summed E-state index contributed by atoms with van der Waals surface area (Å²) in [5.41, 5.74) is 2.36. The molecule has 1 aromatic carbocycles. The minimum Gasteiger partial charge on any atom is -0.439 e. The highest BCUT2D eigenvalue weighted by atomic mass is 79.9. The van der Waals surface area contributed by atoms with E-state index in [0.29, 0.717) is 5.88 Å². The van der Waals surface area contributed by atoms with Gasteiger partial charge in [0.15, 0.2) is 0 Å². The normalized spacial score (nSPS) is 10.6. The van der Waals surface area contributed by atoms with E-state index in [1.807, 2.05) is 25.2 Å². The fraction of sp³-hybridized carbons (Fsp3) is 0.312. The summed E-state index contributed by atoms with van der Waals surface area (Å²) in [5, 5.41) is 3.12. The second kappa shape index (κ2) is 7.41. The Bertz CT molecular complexity index is 555. The lowest BCUT2D eigenvalue weighted by Crippen LogP contribution is -2.07. The first kappa shape index (κ1) is 15.0. The predicted molar refractivity (Wildman–Crippen MR) is 85.2 cm³/mol. The first-order valence-corrected chi connectivity index (χ1v) is 7.58. The highest BCUT2D eigenvalue weighted by Crippen LogP contribution is 2.25. The van der Waals surface area contributed by atoms with Gasteiger partial charge in [-0.2, -0.15) is 0 Å². The molecule has 1 N–H and O–H groups in total. The molecule has 0 aliphatic rings. The number of pyridine rings is 1. The lowest BCUT2D eigenvalue weighted by molar-refractivity contribution is 0.454. The molecule has 20 heavy (non-hydrogen) atoms. The highest BCUT2D eigenvalue weighted by Gasteiger charge is 2.07. The SMILES string of the molecule is CCCc1ccc(Oc2ncc(Br)cc2CNC)cc1. The number of benzene rings is 1. The maximum absolute atomic E-state index is 5.88. The lowest BCUT2D eigenvalue weighted by Gasteiger charge is -2.10. The van der Waals surface area contributed by atoms with Gasteiger partial charge in [0.2, 0.25) is 5.88 Å². The molecule has 0 aliphatic carbocycles. The summed E-state index contributed by atoms with van der Waals surface area (Å²) in [5.74, 6) is 1.46. The van der Waals surface area contributed by atoms with Gasteiger partial charge in [-0.1, -0.05) is 25.5 Å². The van der Waals surface area contributed by atoms with Crippen LogP contribution in [0.25, 0.3) is 0 Å². The van der Waals surface area contributed by atoms with Crippen molar-refractivity contribution in [3.8, 4) is 11.6 Å². The number of aryl methyl sites for hydroxylation is 1. The molecule has 0 saturated carbocycles. The van der Waals surface area contributed by atoms with Crippen LogP contribution >= 0.6 is 15.9 Å². The Kier molecular flexibility index (Phi) is 5.56. The zero-order valence-electron chi connectivity index (χ0n) is 11.8. The topological polar surface area (TPSA) is 34.1 Å². The molecule has 0 unspecified atom stereocenters. The average molecular weight is 335 g/mol. The smallest absolute Gasteiger partial charge is 0.223 e. The highest BCUT2D eigenvalue weighted by molar-refractivity contribution is 9.10. The molecule has 4 heteroatoms. The number of aromatic nitrogens is 1. The molecule has 106 valence electrons. The summed E-state index contributed by atoms with van der Waals surface area (Å²) >= 11 is 3.43. The van der Waals surface area contributed by atoms with E-state index < -0.39 is 0 Å². The van der Waals surface area contributed by atoms with Crippen LogP contribution in [0.1, 0.15) is 24.5 Å². The van der Waals surface area contributed by atoms with E-state index in [1.165, 1.54) is 5.56 Å². The van der Waals surface area contributed by atoms with E-state index in [4.69, 9.17) is 4.74 Å². The van der Waals surface area contributed by atoms with E-state index in [0.717, 1.165) is 35.2 Å². The van der Waals surface area contributed by atoms with E-state index in [1.54, 1.807) is 6.20 Å². The van der Waals surface area contributed by atoms with Gasteiger partial charge in [0.1, 0.15) is 5.75 Å². The molecule has 0 aliphatic heterocycles. The number of hydrogen-bond donors (Lipinski definition) is 1. The number of nitrogens with one attached hydrogen (secondary N) is 1. The number of nitrogens with zero attached hydrogens (tertiary/aromatic N) is 1. The van der Waals surface area contributed by atoms with Gasteiger partial charge in [-0.25, -0.2) is 4.98 Å². The summed E-state index contributed by atoms with van der Waals surface area (Å²) in [4.78, 5) is 4.34. The molecule has 0 fully saturated rings. The van der Waals surface area contributed by atoms with Crippen LogP contribution in [0.15, 0.2) is 41.0 Å². The minimum atomic E-state index is 0.644. The largest absolute Gasteiger partial charge is 0.439 e. The number of ether oxygens (including phenoxy) is 1. The zero-order chi connectivity index (χ0) is 14.4. The Labute approximate surface area is 128 Å². The Morgan fingerprint density at radius 1 is 1.25 bits per heavy atom. The van der Waals surface area contributed by atoms with Crippen molar-refractivity contribution in [2.45, 2.75) is 26.3 Å². The van der Waals surface area contributed by atoms with E-state index >= 15 is 0 Å². The molecule has 2 rings (SSSR count). The molecular weight excluding hydrogens is 316 g/mol. The van der Waals surface area contributed by atoms with Crippen molar-refractivity contribution in [1.29, 1.82) is 0 Å². The van der Waals surface area contributed by atoms with Crippen molar-refractivity contribution in [3.63, 3.8) is 0 Å². The maximum atomic E-state index is 5.88. The Balaban J connectivity index is 2.16. The maximum Gasteiger partial charge on any atom is 0.223 e. The van der Waals surface area contributed by atoms with Gasteiger partial charge in [0.05, 0.1) is 0 Å². The lowest BCUT2D eigenvalue weighted by atomic mass is 10.1. The molecule has 3 nitrogen and oxygen atoms in total. The summed E-state index contributed by atoms with van der Waals surface area (Å²) in [7, 11) is 1.91. The summed E-state index contributed by atoms with van der Waals surface area (Å²) in [6.45, 7) is 2.90. The van der Waals surface area contributed by atoms with Crippen LogP contribution < -0.4 is 10.1 Å². The first-order chi connectivity index (χ1) is 9.72. The molecule has 0 radical (unpaired) electrons. The van der Waals surface area contributed by atoms with Crippen molar-refractivity contribution < 1.29 is 4.74 Å². The molecule has 1 heterocycles. The third-order valence-electron chi connectivity index (χ3n) is 2.94. The van der Waals surface area contributed by atoms with Crippen LogP contribution in [0, 0.1) is 0 Å². The van der Waals surface area contributed by atoms with Crippen molar-refractivity contribution in [3.05, 3.63) is 52.1 Å². The van der Waals surface area contributed by atoms with Crippen LogP contribution in [0.2, 0.25) is 0 Å². The third kappa shape index (κ3) is 4.05. The van der Waals surface area contributed by atoms with Crippen molar-refractivity contribution in [1.82, 2.24) is 10.3 Å². The van der Waals surface area contributed by atoms with Crippen LogP contribution in [-0.4, -0.2) is 12.0 Å². The molecule has 0 saturated heterocycles. The second-order valence-corrected chi connectivity index (χ2v) is 5.56. The standard InChI is InChI=1S/C16H19BrN2O/c1-3-4-12-5-7-15(8-6-12)20-16-13(10-18-2)9-14(17)11-19-16/h5-9,11,18H,3-4,10H2,1-2H3. The minimum absolute atomic E-state index is 0.644. The van der Waals surface area contributed by atoms with E-state index in [9.17, 15) is 0 Å². The average Bonchev–Trinajstić information content (AvgIpc) is 2.44. The fourth-order valence-corrected chi connectivity index (χ4v) is 2.38. The van der Waals surface area contributed by atoms with Gasteiger partial charge < -0.3 is 10.1 Å². The van der Waals surface area contributed by atoms with Crippen molar-refractivity contribution >= 4 is 15.9 Å². The Morgan fingerprint density at radius 3 is 2.65 bits per heavy atom. The van der Waals surface area contributed by atoms with Crippen LogP contribution in [0.5, 0.6) is 11.6 Å². The molecular formula is C16H19BrN2O. The van der Waals surface area contributed by atoms with Gasteiger partial charge in [-0.3, -0.25) is 0 Å². The number of halogens is 1. The van der Waals surface area contributed by atoms with Crippen molar-refractivity contribution in [2.24, 2.45) is 0 Å². The van der Waals surface area contributed by atoms with Gasteiger partial charge in [-0.05, 0) is 53.2 Å². The predicted octanol–water partition coefficient (Wildman–Crippen LogP) is 4.31. The molecule has 0 atom stereocenters. The number of hydrogen-bond acceptors (Lipinski definition) is 3. The molecule has 0 bridgehead atoms. The molecule has 0 amide bonds. The zero-order valence-corrected chi connectivity index (χ0v) is 13.4. The summed E-state index contributed by atoms with van der Waals surface area (Å²) < 4.78 is 6.83.